The number of hydrogen-bond acceptors (Lipinski definition) is 2. The van der Waals surface area contributed by atoms with E-state index >= 15 is 0 Å². The first kappa shape index (κ1) is 16.6. The summed E-state index contributed by atoms with van der Waals surface area (Å²) in [5.74, 6) is -0.675. The maximum Gasteiger partial charge on any atom is 0.303 e. The van der Waals surface area contributed by atoms with Crippen LogP contribution in [-0.2, 0) is 4.79 Å². The van der Waals surface area contributed by atoms with Crippen LogP contribution in [0.4, 0.5) is 0 Å². The molecule has 18 heavy (non-hydrogen) atoms. The van der Waals surface area contributed by atoms with E-state index in [4.69, 9.17) is 10.8 Å². The zero-order valence-corrected chi connectivity index (χ0v) is 11.4. The predicted octanol–water partition coefficient (Wildman–Crippen LogP) is 3.75. The van der Waals surface area contributed by atoms with Crippen molar-refractivity contribution in [3.63, 3.8) is 0 Å². The molecule has 1 aromatic rings. The van der Waals surface area contributed by atoms with Crippen molar-refractivity contribution in [2.45, 2.75) is 52.0 Å². The summed E-state index contributed by atoms with van der Waals surface area (Å²) in [5.41, 5.74) is 6.81. The van der Waals surface area contributed by atoms with E-state index in [9.17, 15) is 4.79 Å². The highest BCUT2D eigenvalue weighted by Crippen LogP contribution is 2.06. The van der Waals surface area contributed by atoms with Crippen molar-refractivity contribution in [2.75, 3.05) is 0 Å². The Labute approximate surface area is 110 Å². The quantitative estimate of drug-likeness (QED) is 0.757. The molecule has 0 amide bonds. The van der Waals surface area contributed by atoms with Gasteiger partial charge < -0.3 is 10.8 Å². The molecule has 1 rings (SSSR count). The molecule has 0 radical (unpaired) electrons. The van der Waals surface area contributed by atoms with Gasteiger partial charge in [0.15, 0.2) is 0 Å². The van der Waals surface area contributed by atoms with Crippen LogP contribution in [0.15, 0.2) is 30.3 Å². The highest BCUT2D eigenvalue weighted by Gasteiger charge is 1.94. The molecule has 0 aliphatic rings. The smallest absolute Gasteiger partial charge is 0.303 e. The fourth-order valence-electron chi connectivity index (χ4n) is 1.46. The first-order valence-electron chi connectivity index (χ1n) is 6.60. The second-order valence-electron chi connectivity index (χ2n) is 4.40. The molecule has 3 N–H and O–H groups in total. The molecule has 0 saturated carbocycles. The average Bonchev–Trinajstić information content (AvgIpc) is 2.36. The highest BCUT2D eigenvalue weighted by atomic mass is 16.4. The summed E-state index contributed by atoms with van der Waals surface area (Å²) in [6.07, 6.45) is 4.55. The summed E-state index contributed by atoms with van der Waals surface area (Å²) in [6.45, 7) is 4.09. The van der Waals surface area contributed by atoms with Crippen LogP contribution in [0.25, 0.3) is 0 Å². The summed E-state index contributed by atoms with van der Waals surface area (Å²) >= 11 is 0. The average molecular weight is 251 g/mol. The van der Waals surface area contributed by atoms with Crippen molar-refractivity contribution < 1.29 is 9.90 Å². The van der Waals surface area contributed by atoms with Crippen LogP contribution in [0.3, 0.4) is 0 Å². The Morgan fingerprint density at radius 2 is 1.83 bits per heavy atom. The van der Waals surface area contributed by atoms with E-state index in [0.717, 1.165) is 19.3 Å². The van der Waals surface area contributed by atoms with Gasteiger partial charge in [0.1, 0.15) is 0 Å². The van der Waals surface area contributed by atoms with E-state index in [1.165, 1.54) is 12.0 Å². The third-order valence-electron chi connectivity index (χ3n) is 2.57. The number of rotatable bonds is 6. The predicted molar refractivity (Wildman–Crippen MR) is 75.4 cm³/mol. The fourth-order valence-corrected chi connectivity index (χ4v) is 1.46. The molecule has 102 valence electrons. The van der Waals surface area contributed by atoms with E-state index in [2.05, 4.69) is 6.92 Å². The molecule has 0 aromatic heterocycles. The molecular formula is C15H25NO2. The van der Waals surface area contributed by atoms with Gasteiger partial charge in [0.2, 0.25) is 0 Å². The van der Waals surface area contributed by atoms with Gasteiger partial charge in [-0.1, -0.05) is 56.5 Å². The second-order valence-corrected chi connectivity index (χ2v) is 4.40. The minimum atomic E-state index is -0.675. The Bertz CT molecular complexity index is 310. The van der Waals surface area contributed by atoms with Gasteiger partial charge in [0.25, 0.3) is 0 Å². The first-order chi connectivity index (χ1) is 8.57. The Kier molecular flexibility index (Phi) is 9.97. The van der Waals surface area contributed by atoms with Crippen molar-refractivity contribution in [3.05, 3.63) is 35.9 Å². The largest absolute Gasteiger partial charge is 0.481 e. The zero-order valence-electron chi connectivity index (χ0n) is 11.4. The van der Waals surface area contributed by atoms with Crippen molar-refractivity contribution in [1.29, 1.82) is 0 Å². The van der Waals surface area contributed by atoms with Crippen LogP contribution < -0.4 is 5.73 Å². The molecule has 1 aromatic carbocycles. The van der Waals surface area contributed by atoms with Gasteiger partial charge in [0, 0.05) is 12.5 Å². The Morgan fingerprint density at radius 1 is 1.22 bits per heavy atom. The second kappa shape index (κ2) is 10.8. The van der Waals surface area contributed by atoms with E-state index in [1.807, 2.05) is 37.3 Å². The number of carboxylic acid groups (broad SMARTS) is 1. The Balaban J connectivity index is 0.000000321. The van der Waals surface area contributed by atoms with Crippen molar-refractivity contribution in [2.24, 2.45) is 5.73 Å². The lowest BCUT2D eigenvalue weighted by molar-refractivity contribution is -0.137. The molecular weight excluding hydrogens is 226 g/mol. The maximum absolute atomic E-state index is 9.96. The number of hydrogen-bond donors (Lipinski definition) is 2. The topological polar surface area (TPSA) is 63.3 Å². The number of benzene rings is 1. The normalized spacial score (nSPS) is 11.3. The molecule has 0 aliphatic carbocycles. The van der Waals surface area contributed by atoms with Gasteiger partial charge in [-0.3, -0.25) is 4.79 Å². The van der Waals surface area contributed by atoms with Crippen molar-refractivity contribution in [3.8, 4) is 0 Å². The summed E-state index contributed by atoms with van der Waals surface area (Å²) in [7, 11) is 0. The molecule has 0 aliphatic heterocycles. The standard InChI is InChI=1S/C8H11N.C7H14O2/c1-7(9)8-5-3-2-4-6-8;1-2-3-4-5-6-7(8)9/h2-7H,9H2,1H3;2-6H2,1H3,(H,8,9)/t7-;/m0./s1. The molecule has 0 heterocycles. The van der Waals surface area contributed by atoms with E-state index < -0.39 is 5.97 Å². The van der Waals surface area contributed by atoms with Gasteiger partial charge in [-0.05, 0) is 18.9 Å². The molecule has 1 atom stereocenters. The summed E-state index contributed by atoms with van der Waals surface area (Å²) in [6, 6.07) is 10.2. The lowest BCUT2D eigenvalue weighted by Crippen LogP contribution is -2.03. The number of aliphatic carboxylic acids is 1. The number of carboxylic acids is 1. The Morgan fingerprint density at radius 3 is 2.22 bits per heavy atom. The third-order valence-corrected chi connectivity index (χ3v) is 2.57. The molecule has 0 fully saturated rings. The maximum atomic E-state index is 9.96. The van der Waals surface area contributed by atoms with E-state index in [1.54, 1.807) is 0 Å². The molecule has 0 saturated heterocycles. The summed E-state index contributed by atoms with van der Waals surface area (Å²) in [5, 5.41) is 8.21. The van der Waals surface area contributed by atoms with E-state index in [0.29, 0.717) is 6.42 Å². The molecule has 3 nitrogen and oxygen atoms in total. The van der Waals surface area contributed by atoms with Gasteiger partial charge in [0.05, 0.1) is 0 Å². The molecule has 0 spiro atoms. The van der Waals surface area contributed by atoms with Crippen LogP contribution >= 0.6 is 0 Å². The Hall–Kier alpha value is -1.35. The minimum Gasteiger partial charge on any atom is -0.481 e. The van der Waals surface area contributed by atoms with Crippen LogP contribution in [0.2, 0.25) is 0 Å². The third kappa shape index (κ3) is 9.85. The molecule has 0 bridgehead atoms. The SMILES string of the molecule is CCCCCCC(=O)O.C[C@H](N)c1ccccc1. The van der Waals surface area contributed by atoms with Crippen LogP contribution in [-0.4, -0.2) is 11.1 Å². The van der Waals surface area contributed by atoms with Gasteiger partial charge in [-0.25, -0.2) is 0 Å². The zero-order chi connectivity index (χ0) is 13.8. The summed E-state index contributed by atoms with van der Waals surface area (Å²) in [4.78, 5) is 9.96. The number of carbonyl (C=O) groups is 1. The van der Waals surface area contributed by atoms with Gasteiger partial charge in [-0.15, -0.1) is 0 Å². The number of nitrogens with two attached hydrogens (primary N) is 1. The molecule has 3 heteroatoms. The lowest BCUT2D eigenvalue weighted by atomic mass is 10.1. The number of unbranched alkanes of at least 4 members (excludes halogenated alkanes) is 3. The molecule has 0 unspecified atom stereocenters. The van der Waals surface area contributed by atoms with Gasteiger partial charge >= 0.3 is 5.97 Å². The fraction of sp³-hybridized carbons (Fsp3) is 0.533. The van der Waals surface area contributed by atoms with Crippen molar-refractivity contribution in [1.82, 2.24) is 0 Å². The van der Waals surface area contributed by atoms with Crippen molar-refractivity contribution >= 4 is 5.97 Å². The van der Waals surface area contributed by atoms with Crippen LogP contribution in [0.5, 0.6) is 0 Å². The van der Waals surface area contributed by atoms with Gasteiger partial charge in [-0.2, -0.15) is 0 Å². The van der Waals surface area contributed by atoms with E-state index in [-0.39, 0.29) is 6.04 Å². The van der Waals surface area contributed by atoms with Crippen LogP contribution in [0.1, 0.15) is 57.6 Å². The minimum absolute atomic E-state index is 0.159. The highest BCUT2D eigenvalue weighted by molar-refractivity contribution is 5.66. The monoisotopic (exact) mass is 251 g/mol. The first-order valence-corrected chi connectivity index (χ1v) is 6.60. The summed E-state index contributed by atoms with van der Waals surface area (Å²) < 4.78 is 0. The van der Waals surface area contributed by atoms with Crippen LogP contribution in [0, 0.1) is 0 Å². The lowest BCUT2D eigenvalue weighted by Gasteiger charge is -2.02.